The van der Waals surface area contributed by atoms with Crippen LogP contribution in [-0.2, 0) is 9.84 Å². The highest BCUT2D eigenvalue weighted by molar-refractivity contribution is 7.91. The molecule has 1 aromatic heterocycles. The van der Waals surface area contributed by atoms with Crippen LogP contribution in [0, 0.1) is 0 Å². The van der Waals surface area contributed by atoms with Crippen LogP contribution >= 0.6 is 11.3 Å². The predicted octanol–water partition coefficient (Wildman–Crippen LogP) is 2.78. The SMILES string of the molecule is CCCS(=O)(=O)c1ccccc1C(=O)Nc1nc(C(C)=O)cs1. The molecule has 1 heterocycles. The molecule has 1 aromatic carbocycles. The third-order valence-electron chi connectivity index (χ3n) is 3.02. The molecule has 1 N–H and O–H groups in total. The second-order valence-corrected chi connectivity index (χ2v) is 7.80. The van der Waals surface area contributed by atoms with Crippen LogP contribution in [0.15, 0.2) is 34.5 Å². The zero-order valence-electron chi connectivity index (χ0n) is 12.7. The van der Waals surface area contributed by atoms with Crippen LogP contribution in [0.2, 0.25) is 0 Å². The first-order valence-corrected chi connectivity index (χ1v) is 9.48. The minimum Gasteiger partial charge on any atom is -0.298 e. The van der Waals surface area contributed by atoms with Gasteiger partial charge in [0.2, 0.25) is 0 Å². The van der Waals surface area contributed by atoms with E-state index in [1.165, 1.54) is 24.4 Å². The highest BCUT2D eigenvalue weighted by Crippen LogP contribution is 2.21. The maximum absolute atomic E-state index is 12.4. The zero-order valence-corrected chi connectivity index (χ0v) is 14.3. The Morgan fingerprint density at radius 1 is 1.26 bits per heavy atom. The van der Waals surface area contributed by atoms with Gasteiger partial charge in [0.1, 0.15) is 5.69 Å². The number of hydrogen-bond donors (Lipinski definition) is 1. The van der Waals surface area contributed by atoms with E-state index in [2.05, 4.69) is 10.3 Å². The Labute approximate surface area is 138 Å². The van der Waals surface area contributed by atoms with Crippen molar-refractivity contribution in [2.24, 2.45) is 0 Å². The zero-order chi connectivity index (χ0) is 17.0. The fourth-order valence-electron chi connectivity index (χ4n) is 1.96. The number of nitrogens with one attached hydrogen (secondary N) is 1. The molecule has 0 fully saturated rings. The topological polar surface area (TPSA) is 93.2 Å². The largest absolute Gasteiger partial charge is 0.298 e. The first-order chi connectivity index (χ1) is 10.8. The number of anilines is 1. The monoisotopic (exact) mass is 352 g/mol. The van der Waals surface area contributed by atoms with Gasteiger partial charge in [-0.3, -0.25) is 14.9 Å². The Balaban J connectivity index is 2.31. The maximum atomic E-state index is 12.4. The average molecular weight is 352 g/mol. The van der Waals surface area contributed by atoms with E-state index in [1.807, 2.05) is 0 Å². The van der Waals surface area contributed by atoms with E-state index in [1.54, 1.807) is 19.1 Å². The summed E-state index contributed by atoms with van der Waals surface area (Å²) >= 11 is 1.11. The molecular weight excluding hydrogens is 336 g/mol. The summed E-state index contributed by atoms with van der Waals surface area (Å²) in [6, 6.07) is 6.05. The Bertz CT molecular complexity index is 841. The summed E-state index contributed by atoms with van der Waals surface area (Å²) in [6.07, 6.45) is 0.465. The second-order valence-electron chi connectivity index (χ2n) is 4.86. The normalized spacial score (nSPS) is 11.2. The number of aromatic nitrogens is 1. The number of sulfone groups is 1. The van der Waals surface area contributed by atoms with Gasteiger partial charge < -0.3 is 0 Å². The highest BCUT2D eigenvalue weighted by Gasteiger charge is 2.22. The summed E-state index contributed by atoms with van der Waals surface area (Å²) in [4.78, 5) is 27.6. The third kappa shape index (κ3) is 4.02. The van der Waals surface area contributed by atoms with Crippen LogP contribution in [-0.4, -0.2) is 30.8 Å². The number of amides is 1. The number of carbonyl (C=O) groups is 2. The van der Waals surface area contributed by atoms with Gasteiger partial charge in [0.15, 0.2) is 20.8 Å². The molecule has 0 saturated carbocycles. The molecule has 2 rings (SSSR count). The smallest absolute Gasteiger partial charge is 0.258 e. The lowest BCUT2D eigenvalue weighted by atomic mass is 10.2. The van der Waals surface area contributed by atoms with Crippen LogP contribution in [0.4, 0.5) is 5.13 Å². The molecule has 0 aliphatic carbocycles. The van der Waals surface area contributed by atoms with Crippen LogP contribution in [0.3, 0.4) is 0 Å². The van der Waals surface area contributed by atoms with Crippen molar-refractivity contribution in [3.63, 3.8) is 0 Å². The highest BCUT2D eigenvalue weighted by atomic mass is 32.2. The minimum atomic E-state index is -3.52. The Morgan fingerprint density at radius 2 is 1.96 bits per heavy atom. The summed E-state index contributed by atoms with van der Waals surface area (Å²) in [6.45, 7) is 3.15. The van der Waals surface area contributed by atoms with E-state index in [0.717, 1.165) is 11.3 Å². The molecule has 0 unspecified atom stereocenters. The molecule has 0 bridgehead atoms. The van der Waals surface area contributed by atoms with Crippen molar-refractivity contribution in [2.45, 2.75) is 25.2 Å². The van der Waals surface area contributed by atoms with Gasteiger partial charge in [-0.25, -0.2) is 13.4 Å². The molecule has 1 amide bonds. The third-order valence-corrected chi connectivity index (χ3v) is 5.75. The Kier molecular flexibility index (Phi) is 5.27. The Hall–Kier alpha value is -2.06. The van der Waals surface area contributed by atoms with Gasteiger partial charge in [-0.1, -0.05) is 19.1 Å². The number of carbonyl (C=O) groups excluding carboxylic acids is 2. The average Bonchev–Trinajstić information content (AvgIpc) is 2.96. The standard InChI is InChI=1S/C15H16N2O4S2/c1-3-8-23(20,21)13-7-5-4-6-11(13)14(19)17-15-16-12(9-22-15)10(2)18/h4-7,9H,3,8H2,1-2H3,(H,16,17,19). The van der Waals surface area contributed by atoms with Gasteiger partial charge in [0.25, 0.3) is 5.91 Å². The first kappa shape index (κ1) is 17.3. The quantitative estimate of drug-likeness (QED) is 0.807. The maximum Gasteiger partial charge on any atom is 0.258 e. The van der Waals surface area contributed by atoms with Crippen molar-refractivity contribution in [2.75, 3.05) is 11.1 Å². The van der Waals surface area contributed by atoms with Gasteiger partial charge in [-0.05, 0) is 18.6 Å². The van der Waals surface area contributed by atoms with E-state index < -0.39 is 15.7 Å². The van der Waals surface area contributed by atoms with Gasteiger partial charge in [-0.2, -0.15) is 0 Å². The van der Waals surface area contributed by atoms with Crippen molar-refractivity contribution in [3.8, 4) is 0 Å². The summed E-state index contributed by atoms with van der Waals surface area (Å²) in [5.41, 5.74) is 0.331. The number of Topliss-reactive ketones (excluding diaryl/α,β-unsaturated/α-hetero) is 1. The number of rotatable bonds is 6. The van der Waals surface area contributed by atoms with Crippen molar-refractivity contribution in [1.29, 1.82) is 0 Å². The molecular formula is C15H16N2O4S2. The van der Waals surface area contributed by atoms with E-state index in [-0.39, 0.29) is 32.8 Å². The molecule has 0 radical (unpaired) electrons. The van der Waals surface area contributed by atoms with E-state index in [0.29, 0.717) is 6.42 Å². The van der Waals surface area contributed by atoms with Crippen molar-refractivity contribution >= 4 is 38.0 Å². The van der Waals surface area contributed by atoms with Crippen molar-refractivity contribution in [1.82, 2.24) is 4.98 Å². The summed E-state index contributed by atoms with van der Waals surface area (Å²) in [7, 11) is -3.52. The summed E-state index contributed by atoms with van der Waals surface area (Å²) in [5, 5.41) is 4.33. The number of thiazole rings is 1. The fourth-order valence-corrected chi connectivity index (χ4v) is 4.25. The molecule has 0 atom stereocenters. The van der Waals surface area contributed by atoms with Crippen LogP contribution in [0.1, 0.15) is 41.1 Å². The number of nitrogens with zero attached hydrogens (tertiary/aromatic N) is 1. The van der Waals surface area contributed by atoms with Crippen LogP contribution in [0.5, 0.6) is 0 Å². The van der Waals surface area contributed by atoms with Crippen molar-refractivity contribution < 1.29 is 18.0 Å². The lowest BCUT2D eigenvalue weighted by Gasteiger charge is -2.09. The van der Waals surface area contributed by atoms with Gasteiger partial charge in [-0.15, -0.1) is 11.3 Å². The summed E-state index contributed by atoms with van der Waals surface area (Å²) < 4.78 is 24.5. The lowest BCUT2D eigenvalue weighted by molar-refractivity contribution is 0.100. The molecule has 0 aliphatic rings. The second kappa shape index (κ2) is 7.01. The molecule has 8 heteroatoms. The van der Waals surface area contributed by atoms with Crippen LogP contribution in [0.25, 0.3) is 0 Å². The number of ketones is 1. The molecule has 2 aromatic rings. The molecule has 6 nitrogen and oxygen atoms in total. The molecule has 0 aliphatic heterocycles. The van der Waals surface area contributed by atoms with Crippen molar-refractivity contribution in [3.05, 3.63) is 40.9 Å². The molecule has 0 spiro atoms. The number of hydrogen-bond acceptors (Lipinski definition) is 6. The minimum absolute atomic E-state index is 0.00250. The van der Waals surface area contributed by atoms with Gasteiger partial charge in [0, 0.05) is 12.3 Å². The van der Waals surface area contributed by atoms with Crippen LogP contribution < -0.4 is 5.32 Å². The Morgan fingerprint density at radius 3 is 2.57 bits per heavy atom. The van der Waals surface area contributed by atoms with E-state index >= 15 is 0 Å². The van der Waals surface area contributed by atoms with Gasteiger partial charge >= 0.3 is 0 Å². The summed E-state index contributed by atoms with van der Waals surface area (Å²) in [5.74, 6) is -0.791. The molecule has 23 heavy (non-hydrogen) atoms. The first-order valence-electron chi connectivity index (χ1n) is 6.94. The number of benzene rings is 1. The lowest BCUT2D eigenvalue weighted by Crippen LogP contribution is -2.17. The fraction of sp³-hybridized carbons (Fsp3) is 0.267. The van der Waals surface area contributed by atoms with Gasteiger partial charge in [0.05, 0.1) is 16.2 Å². The van der Waals surface area contributed by atoms with E-state index in [4.69, 9.17) is 0 Å². The predicted molar refractivity (Wildman–Crippen MR) is 88.9 cm³/mol. The molecule has 122 valence electrons. The van der Waals surface area contributed by atoms with E-state index in [9.17, 15) is 18.0 Å². The molecule has 0 saturated heterocycles.